The molecule has 4 heteroatoms. The van der Waals surface area contributed by atoms with Gasteiger partial charge in [-0.3, -0.25) is 4.79 Å². The van der Waals surface area contributed by atoms with Crippen LogP contribution in [0.4, 0.5) is 5.69 Å². The highest BCUT2D eigenvalue weighted by Gasteiger charge is 2.04. The number of rotatable bonds is 3. The van der Waals surface area contributed by atoms with Gasteiger partial charge >= 0.3 is 0 Å². The molecule has 84 valence electrons. The molecule has 0 saturated carbocycles. The molecule has 0 radical (unpaired) electrons. The predicted octanol–water partition coefficient (Wildman–Crippen LogP) is 2.80. The summed E-state index contributed by atoms with van der Waals surface area (Å²) in [7, 11) is 0. The molecule has 0 saturated heterocycles. The molecule has 1 aromatic heterocycles. The van der Waals surface area contributed by atoms with Gasteiger partial charge in [-0.25, -0.2) is 0 Å². The van der Waals surface area contributed by atoms with Crippen LogP contribution in [0.25, 0.3) is 0 Å². The van der Waals surface area contributed by atoms with Crippen LogP contribution in [0, 0.1) is 11.3 Å². The first kappa shape index (κ1) is 11.4. The van der Waals surface area contributed by atoms with E-state index in [2.05, 4.69) is 5.32 Å². The summed E-state index contributed by atoms with van der Waals surface area (Å²) in [6, 6.07) is 12.7. The van der Waals surface area contributed by atoms with Crippen molar-refractivity contribution < 1.29 is 4.79 Å². The normalized spacial score (nSPS) is 9.59. The molecule has 1 N–H and O–H groups in total. The average molecular weight is 242 g/mol. The van der Waals surface area contributed by atoms with Gasteiger partial charge in [0.05, 0.1) is 18.1 Å². The monoisotopic (exact) mass is 242 g/mol. The number of nitrogens with zero attached hydrogens (tertiary/aromatic N) is 1. The minimum atomic E-state index is -0.0443. The Kier molecular flexibility index (Phi) is 3.53. The first-order valence-electron chi connectivity index (χ1n) is 5.10. The van der Waals surface area contributed by atoms with Gasteiger partial charge in [0.25, 0.3) is 0 Å². The van der Waals surface area contributed by atoms with Crippen LogP contribution in [0.2, 0.25) is 0 Å². The Morgan fingerprint density at radius 2 is 2.06 bits per heavy atom. The number of thiophene rings is 1. The van der Waals surface area contributed by atoms with Crippen LogP contribution in [0.1, 0.15) is 10.4 Å². The third-order valence-electron chi connectivity index (χ3n) is 2.21. The fourth-order valence-corrected chi connectivity index (χ4v) is 2.11. The Labute approximate surface area is 103 Å². The van der Waals surface area contributed by atoms with Crippen LogP contribution in [0.5, 0.6) is 0 Å². The van der Waals surface area contributed by atoms with Gasteiger partial charge in [-0.1, -0.05) is 6.07 Å². The molecule has 2 aromatic rings. The minimum absolute atomic E-state index is 0.0443. The van der Waals surface area contributed by atoms with E-state index in [0.717, 1.165) is 4.88 Å². The molecule has 0 unspecified atom stereocenters. The second-order valence-electron chi connectivity index (χ2n) is 3.49. The molecule has 1 aromatic carbocycles. The molecule has 0 bridgehead atoms. The lowest BCUT2D eigenvalue weighted by Crippen LogP contribution is -2.13. The summed E-state index contributed by atoms with van der Waals surface area (Å²) in [5.74, 6) is -0.0443. The van der Waals surface area contributed by atoms with E-state index >= 15 is 0 Å². The summed E-state index contributed by atoms with van der Waals surface area (Å²) in [4.78, 5) is 12.7. The van der Waals surface area contributed by atoms with Crippen molar-refractivity contribution >= 4 is 22.9 Å². The summed E-state index contributed by atoms with van der Waals surface area (Å²) in [5, 5.41) is 13.4. The fourth-order valence-electron chi connectivity index (χ4n) is 1.40. The molecule has 1 heterocycles. The van der Waals surface area contributed by atoms with Crippen molar-refractivity contribution in [3.05, 3.63) is 52.2 Å². The van der Waals surface area contributed by atoms with E-state index in [0.29, 0.717) is 17.7 Å². The van der Waals surface area contributed by atoms with E-state index in [4.69, 9.17) is 5.26 Å². The molecule has 3 nitrogen and oxygen atoms in total. The number of hydrogen-bond acceptors (Lipinski definition) is 3. The van der Waals surface area contributed by atoms with Gasteiger partial charge in [0.2, 0.25) is 5.91 Å². The molecule has 0 aliphatic rings. The quantitative estimate of drug-likeness (QED) is 0.899. The lowest BCUT2D eigenvalue weighted by Gasteiger charge is -2.03. The maximum atomic E-state index is 11.7. The Morgan fingerprint density at radius 3 is 2.65 bits per heavy atom. The van der Waals surface area contributed by atoms with E-state index in [1.807, 2.05) is 23.6 Å². The first-order valence-corrected chi connectivity index (χ1v) is 5.98. The molecule has 0 fully saturated rings. The highest BCUT2D eigenvalue weighted by atomic mass is 32.1. The van der Waals surface area contributed by atoms with Gasteiger partial charge in [-0.2, -0.15) is 5.26 Å². The van der Waals surface area contributed by atoms with Crippen LogP contribution < -0.4 is 5.32 Å². The van der Waals surface area contributed by atoms with Crippen molar-refractivity contribution in [3.63, 3.8) is 0 Å². The molecule has 0 aliphatic carbocycles. The Balaban J connectivity index is 1.96. The maximum absolute atomic E-state index is 11.7. The van der Waals surface area contributed by atoms with Crippen molar-refractivity contribution in [2.75, 3.05) is 5.32 Å². The SMILES string of the molecule is N#Cc1ccc(NC(=O)Cc2cccs2)cc1. The van der Waals surface area contributed by atoms with E-state index in [-0.39, 0.29) is 5.91 Å². The topological polar surface area (TPSA) is 52.9 Å². The third-order valence-corrected chi connectivity index (χ3v) is 3.09. The molecule has 0 aliphatic heterocycles. The largest absolute Gasteiger partial charge is 0.326 e. The van der Waals surface area contributed by atoms with E-state index in [1.54, 1.807) is 35.6 Å². The van der Waals surface area contributed by atoms with Gasteiger partial charge in [-0.15, -0.1) is 11.3 Å². The molecular formula is C13H10N2OS. The number of carbonyl (C=O) groups excluding carboxylic acids is 1. The zero-order valence-electron chi connectivity index (χ0n) is 9.01. The number of hydrogen-bond donors (Lipinski definition) is 1. The maximum Gasteiger partial charge on any atom is 0.229 e. The van der Waals surface area contributed by atoms with Gasteiger partial charge in [0, 0.05) is 10.6 Å². The van der Waals surface area contributed by atoms with Crippen LogP contribution in [0.3, 0.4) is 0 Å². The smallest absolute Gasteiger partial charge is 0.229 e. The van der Waals surface area contributed by atoms with Crippen LogP contribution in [-0.2, 0) is 11.2 Å². The number of anilines is 1. The van der Waals surface area contributed by atoms with Crippen molar-refractivity contribution in [1.29, 1.82) is 5.26 Å². The Hall–Kier alpha value is -2.12. The minimum Gasteiger partial charge on any atom is -0.326 e. The number of nitriles is 1. The van der Waals surface area contributed by atoms with Gasteiger partial charge < -0.3 is 5.32 Å². The van der Waals surface area contributed by atoms with Crippen molar-refractivity contribution in [2.45, 2.75) is 6.42 Å². The molecular weight excluding hydrogens is 232 g/mol. The zero-order valence-corrected chi connectivity index (χ0v) is 9.83. The molecule has 1 amide bonds. The van der Waals surface area contributed by atoms with E-state index < -0.39 is 0 Å². The zero-order chi connectivity index (χ0) is 12.1. The lowest BCUT2D eigenvalue weighted by atomic mass is 10.2. The van der Waals surface area contributed by atoms with Gasteiger partial charge in [0.15, 0.2) is 0 Å². The number of nitrogens with one attached hydrogen (secondary N) is 1. The summed E-state index contributed by atoms with van der Waals surface area (Å²) in [6.45, 7) is 0. The lowest BCUT2D eigenvalue weighted by molar-refractivity contribution is -0.115. The van der Waals surface area contributed by atoms with Gasteiger partial charge in [0.1, 0.15) is 0 Å². The fraction of sp³-hybridized carbons (Fsp3) is 0.0769. The Morgan fingerprint density at radius 1 is 1.29 bits per heavy atom. The molecule has 0 spiro atoms. The summed E-state index contributed by atoms with van der Waals surface area (Å²) >= 11 is 1.56. The number of benzene rings is 1. The summed E-state index contributed by atoms with van der Waals surface area (Å²) in [5.41, 5.74) is 1.30. The molecule has 17 heavy (non-hydrogen) atoms. The van der Waals surface area contributed by atoms with Crippen LogP contribution >= 0.6 is 11.3 Å². The number of carbonyl (C=O) groups is 1. The van der Waals surface area contributed by atoms with Gasteiger partial charge in [-0.05, 0) is 35.7 Å². The standard InChI is InChI=1S/C13H10N2OS/c14-9-10-3-5-11(6-4-10)15-13(16)8-12-2-1-7-17-12/h1-7H,8H2,(H,15,16). The second kappa shape index (κ2) is 5.28. The first-order chi connectivity index (χ1) is 8.28. The van der Waals surface area contributed by atoms with Crippen molar-refractivity contribution in [3.8, 4) is 6.07 Å². The van der Waals surface area contributed by atoms with E-state index in [9.17, 15) is 4.79 Å². The average Bonchev–Trinajstić information content (AvgIpc) is 2.82. The highest BCUT2D eigenvalue weighted by molar-refractivity contribution is 7.10. The van der Waals surface area contributed by atoms with Crippen LogP contribution in [-0.4, -0.2) is 5.91 Å². The second-order valence-corrected chi connectivity index (χ2v) is 4.53. The predicted molar refractivity (Wildman–Crippen MR) is 67.8 cm³/mol. The summed E-state index contributed by atoms with van der Waals surface area (Å²) in [6.07, 6.45) is 0.387. The van der Waals surface area contributed by atoms with Crippen LogP contribution in [0.15, 0.2) is 41.8 Å². The van der Waals surface area contributed by atoms with E-state index in [1.165, 1.54) is 0 Å². The van der Waals surface area contributed by atoms with Crippen molar-refractivity contribution in [1.82, 2.24) is 0 Å². The number of amides is 1. The highest BCUT2D eigenvalue weighted by Crippen LogP contribution is 2.12. The van der Waals surface area contributed by atoms with Crippen molar-refractivity contribution in [2.24, 2.45) is 0 Å². The molecule has 0 atom stereocenters. The molecule has 2 rings (SSSR count). The third kappa shape index (κ3) is 3.16. The Bertz CT molecular complexity index is 538. The summed E-state index contributed by atoms with van der Waals surface area (Å²) < 4.78 is 0.